The minimum atomic E-state index is -0.885. The number of aryl methyl sites for hydroxylation is 2. The van der Waals surface area contributed by atoms with Crippen molar-refractivity contribution in [1.82, 2.24) is 5.32 Å². The van der Waals surface area contributed by atoms with E-state index in [1.807, 2.05) is 89.2 Å². The lowest BCUT2D eigenvalue weighted by Gasteiger charge is -2.32. The van der Waals surface area contributed by atoms with Crippen molar-refractivity contribution < 1.29 is 18.7 Å². The lowest BCUT2D eigenvalue weighted by molar-refractivity contribution is -0.123. The zero-order chi connectivity index (χ0) is 26.7. The number of furan rings is 1. The average Bonchev–Trinajstić information content (AvgIpc) is 3.52. The molecule has 0 bridgehead atoms. The highest BCUT2D eigenvalue weighted by molar-refractivity contribution is 6.09. The number of benzene rings is 2. The lowest BCUT2D eigenvalue weighted by atomic mass is 9.93. The number of nitrogens with zero attached hydrogens (tertiary/aromatic N) is 1. The SMILES string of the molecule is COc1ccc(C(C(=O)NC2CCCC2)N(C(=O)c2oc(C(C)(C)C)cc2C)c2ccc(C)cc2)cc1. The van der Waals surface area contributed by atoms with Gasteiger partial charge in [-0.25, -0.2) is 0 Å². The van der Waals surface area contributed by atoms with E-state index in [0.29, 0.717) is 17.0 Å². The molecule has 196 valence electrons. The maximum absolute atomic E-state index is 14.3. The van der Waals surface area contributed by atoms with E-state index in [4.69, 9.17) is 9.15 Å². The summed E-state index contributed by atoms with van der Waals surface area (Å²) in [5, 5.41) is 3.22. The molecule has 0 aliphatic heterocycles. The topological polar surface area (TPSA) is 71.8 Å². The van der Waals surface area contributed by atoms with E-state index in [-0.39, 0.29) is 29.0 Å². The highest BCUT2D eigenvalue weighted by Crippen LogP contribution is 2.34. The summed E-state index contributed by atoms with van der Waals surface area (Å²) in [6.07, 6.45) is 4.09. The fourth-order valence-corrected chi connectivity index (χ4v) is 4.82. The van der Waals surface area contributed by atoms with Gasteiger partial charge in [-0.05, 0) is 62.6 Å². The first-order valence-electron chi connectivity index (χ1n) is 13.0. The molecule has 2 aromatic carbocycles. The van der Waals surface area contributed by atoms with E-state index in [1.165, 1.54) is 0 Å². The number of hydrogen-bond acceptors (Lipinski definition) is 4. The highest BCUT2D eigenvalue weighted by Gasteiger charge is 2.37. The fraction of sp³-hybridized carbons (Fsp3) is 0.419. The van der Waals surface area contributed by atoms with E-state index in [0.717, 1.165) is 42.6 Å². The second kappa shape index (κ2) is 10.8. The van der Waals surface area contributed by atoms with Gasteiger partial charge in [-0.3, -0.25) is 14.5 Å². The number of amides is 2. The molecule has 3 aromatic rings. The molecule has 37 heavy (non-hydrogen) atoms. The third kappa shape index (κ3) is 5.90. The van der Waals surface area contributed by atoms with Gasteiger partial charge in [0.05, 0.1) is 7.11 Å². The maximum atomic E-state index is 14.3. The Bertz CT molecular complexity index is 1230. The van der Waals surface area contributed by atoms with Gasteiger partial charge in [0.1, 0.15) is 17.6 Å². The van der Waals surface area contributed by atoms with Crippen LogP contribution in [-0.4, -0.2) is 25.0 Å². The monoisotopic (exact) mass is 502 g/mol. The Labute approximate surface area is 220 Å². The number of rotatable bonds is 7. The molecule has 1 unspecified atom stereocenters. The molecule has 2 amide bonds. The summed E-state index contributed by atoms with van der Waals surface area (Å²) in [4.78, 5) is 29.8. The van der Waals surface area contributed by atoms with Gasteiger partial charge in [0.2, 0.25) is 5.91 Å². The zero-order valence-electron chi connectivity index (χ0n) is 22.8. The van der Waals surface area contributed by atoms with Gasteiger partial charge in [-0.15, -0.1) is 0 Å². The lowest BCUT2D eigenvalue weighted by Crippen LogP contribution is -2.46. The minimum absolute atomic E-state index is 0.112. The molecule has 1 aromatic heterocycles. The van der Waals surface area contributed by atoms with Crippen LogP contribution in [0.25, 0.3) is 0 Å². The predicted molar refractivity (Wildman–Crippen MR) is 146 cm³/mol. The summed E-state index contributed by atoms with van der Waals surface area (Å²) in [5.74, 6) is 1.11. The number of carbonyl (C=O) groups excluding carboxylic acids is 2. The number of methoxy groups -OCH3 is 1. The standard InChI is InChI=1S/C31H38N2O4/c1-20-11-15-24(16-12-20)33(30(35)28-21(2)19-26(37-28)31(3,4)5)27(22-13-17-25(36-6)18-14-22)29(34)32-23-9-7-8-10-23/h11-19,23,27H,7-10H2,1-6H3,(H,32,34). The summed E-state index contributed by atoms with van der Waals surface area (Å²) in [6, 6.07) is 16.1. The number of ether oxygens (including phenoxy) is 1. The van der Waals surface area contributed by atoms with Crippen LogP contribution >= 0.6 is 0 Å². The van der Waals surface area contributed by atoms with Crippen molar-refractivity contribution in [3.63, 3.8) is 0 Å². The van der Waals surface area contributed by atoms with E-state index >= 15 is 0 Å². The van der Waals surface area contributed by atoms with Crippen LogP contribution in [0.3, 0.4) is 0 Å². The Morgan fingerprint density at radius 3 is 2.16 bits per heavy atom. The Morgan fingerprint density at radius 2 is 1.62 bits per heavy atom. The van der Waals surface area contributed by atoms with Crippen molar-refractivity contribution in [2.45, 2.75) is 77.8 Å². The summed E-state index contributed by atoms with van der Waals surface area (Å²) < 4.78 is 11.5. The van der Waals surface area contributed by atoms with Crippen molar-refractivity contribution >= 4 is 17.5 Å². The van der Waals surface area contributed by atoms with Crippen LogP contribution in [0, 0.1) is 13.8 Å². The Hall–Kier alpha value is -3.54. The third-order valence-corrected chi connectivity index (χ3v) is 7.02. The Kier molecular flexibility index (Phi) is 7.76. The number of nitrogens with one attached hydrogen (secondary N) is 1. The fourth-order valence-electron chi connectivity index (χ4n) is 4.82. The second-order valence-corrected chi connectivity index (χ2v) is 11.0. The predicted octanol–water partition coefficient (Wildman–Crippen LogP) is 6.65. The second-order valence-electron chi connectivity index (χ2n) is 11.0. The summed E-state index contributed by atoms with van der Waals surface area (Å²) in [7, 11) is 1.61. The van der Waals surface area contributed by atoms with Gasteiger partial charge >= 0.3 is 0 Å². The average molecular weight is 503 g/mol. The number of anilines is 1. The smallest absolute Gasteiger partial charge is 0.295 e. The van der Waals surface area contributed by atoms with Gasteiger partial charge in [0.25, 0.3) is 5.91 Å². The molecule has 4 rings (SSSR count). The van der Waals surface area contributed by atoms with Crippen LogP contribution in [0.1, 0.15) is 85.5 Å². The zero-order valence-corrected chi connectivity index (χ0v) is 22.8. The largest absolute Gasteiger partial charge is 0.497 e. The van der Waals surface area contributed by atoms with Crippen LogP contribution in [-0.2, 0) is 10.2 Å². The van der Waals surface area contributed by atoms with Crippen molar-refractivity contribution in [3.8, 4) is 5.75 Å². The van der Waals surface area contributed by atoms with E-state index in [9.17, 15) is 9.59 Å². The van der Waals surface area contributed by atoms with Crippen LogP contribution in [0.5, 0.6) is 5.75 Å². The highest BCUT2D eigenvalue weighted by atomic mass is 16.5. The van der Waals surface area contributed by atoms with Crippen LogP contribution in [0.15, 0.2) is 59.0 Å². The third-order valence-electron chi connectivity index (χ3n) is 7.02. The molecule has 6 heteroatoms. The van der Waals surface area contributed by atoms with Gasteiger partial charge in [-0.1, -0.05) is 63.4 Å². The van der Waals surface area contributed by atoms with Crippen LogP contribution in [0.2, 0.25) is 0 Å². The summed E-state index contributed by atoms with van der Waals surface area (Å²) >= 11 is 0. The van der Waals surface area contributed by atoms with Crippen molar-refractivity contribution in [2.24, 2.45) is 0 Å². The molecule has 1 aliphatic rings. The van der Waals surface area contributed by atoms with E-state index in [1.54, 1.807) is 12.0 Å². The molecular formula is C31H38N2O4. The van der Waals surface area contributed by atoms with Crippen molar-refractivity contribution in [3.05, 3.63) is 82.8 Å². The molecule has 0 radical (unpaired) electrons. The first kappa shape index (κ1) is 26.5. The number of carbonyl (C=O) groups is 2. The summed E-state index contributed by atoms with van der Waals surface area (Å²) in [5.41, 5.74) is 2.89. The van der Waals surface area contributed by atoms with Gasteiger partial charge in [0.15, 0.2) is 5.76 Å². The molecule has 1 N–H and O–H groups in total. The van der Waals surface area contributed by atoms with Gasteiger partial charge in [-0.2, -0.15) is 0 Å². The van der Waals surface area contributed by atoms with Crippen molar-refractivity contribution in [1.29, 1.82) is 0 Å². The molecule has 6 nitrogen and oxygen atoms in total. The molecule has 1 atom stereocenters. The normalized spacial score (nSPS) is 14.9. The van der Waals surface area contributed by atoms with E-state index < -0.39 is 6.04 Å². The molecule has 0 saturated heterocycles. The first-order valence-corrected chi connectivity index (χ1v) is 13.0. The maximum Gasteiger partial charge on any atom is 0.295 e. The number of hydrogen-bond donors (Lipinski definition) is 1. The Morgan fingerprint density at radius 1 is 1.00 bits per heavy atom. The quantitative estimate of drug-likeness (QED) is 0.393. The van der Waals surface area contributed by atoms with Crippen molar-refractivity contribution in [2.75, 3.05) is 12.0 Å². The van der Waals surface area contributed by atoms with Gasteiger partial charge in [0, 0.05) is 22.7 Å². The first-order chi connectivity index (χ1) is 17.6. The van der Waals surface area contributed by atoms with Gasteiger partial charge < -0.3 is 14.5 Å². The minimum Gasteiger partial charge on any atom is -0.497 e. The van der Waals surface area contributed by atoms with E-state index in [2.05, 4.69) is 5.32 Å². The molecule has 0 spiro atoms. The molecule has 1 saturated carbocycles. The molecular weight excluding hydrogens is 464 g/mol. The molecule has 1 aliphatic carbocycles. The molecule has 1 fully saturated rings. The Balaban J connectivity index is 1.84. The van der Waals surface area contributed by atoms with Crippen LogP contribution < -0.4 is 15.0 Å². The van der Waals surface area contributed by atoms with Crippen LogP contribution in [0.4, 0.5) is 5.69 Å². The molecule has 1 heterocycles. The summed E-state index contributed by atoms with van der Waals surface area (Å²) in [6.45, 7) is 10.0.